The highest BCUT2D eigenvalue weighted by Crippen LogP contribution is 2.29. The maximum atomic E-state index is 5.44. The molecule has 1 aliphatic heterocycles. The third-order valence-corrected chi connectivity index (χ3v) is 3.99. The summed E-state index contributed by atoms with van der Waals surface area (Å²) in [5.41, 5.74) is 1.34. The van der Waals surface area contributed by atoms with Crippen molar-refractivity contribution in [3.05, 3.63) is 29.8 Å². The molecule has 1 aliphatic rings. The van der Waals surface area contributed by atoms with Crippen LogP contribution in [0.25, 0.3) is 0 Å². The van der Waals surface area contributed by atoms with Crippen LogP contribution in [0.1, 0.15) is 31.2 Å². The number of hydrogen-bond donors (Lipinski definition) is 1. The highest BCUT2D eigenvalue weighted by Gasteiger charge is 2.13. The van der Waals surface area contributed by atoms with Gasteiger partial charge in [0.15, 0.2) is 0 Å². The van der Waals surface area contributed by atoms with Gasteiger partial charge in [0.1, 0.15) is 5.75 Å². The molecule has 1 aromatic rings. The fourth-order valence-electron chi connectivity index (χ4n) is 2.78. The molecule has 1 atom stereocenters. The number of nitrogens with one attached hydrogen (secondary N) is 1. The lowest BCUT2D eigenvalue weighted by atomic mass is 9.95. The number of ether oxygens (including phenoxy) is 1. The SMILES string of the molecule is COc1ccccc1C(C)CCCN1CCNCC1. The first kappa shape index (κ1) is 14.4. The van der Waals surface area contributed by atoms with Crippen LogP contribution < -0.4 is 10.1 Å². The molecule has 0 bridgehead atoms. The van der Waals surface area contributed by atoms with Gasteiger partial charge in [-0.2, -0.15) is 0 Å². The fraction of sp³-hybridized carbons (Fsp3) is 0.625. The molecule has 1 unspecified atom stereocenters. The molecular formula is C16H26N2O. The molecule has 1 aromatic carbocycles. The summed E-state index contributed by atoms with van der Waals surface area (Å²) >= 11 is 0. The van der Waals surface area contributed by atoms with Gasteiger partial charge >= 0.3 is 0 Å². The molecule has 3 nitrogen and oxygen atoms in total. The zero-order valence-corrected chi connectivity index (χ0v) is 12.2. The zero-order valence-electron chi connectivity index (χ0n) is 12.2. The van der Waals surface area contributed by atoms with Gasteiger partial charge < -0.3 is 15.0 Å². The predicted molar refractivity (Wildman–Crippen MR) is 80.0 cm³/mol. The van der Waals surface area contributed by atoms with E-state index in [2.05, 4.69) is 35.3 Å². The number of piperazine rings is 1. The Morgan fingerprint density at radius 2 is 2.00 bits per heavy atom. The van der Waals surface area contributed by atoms with Crippen LogP contribution in [0.2, 0.25) is 0 Å². The second-order valence-electron chi connectivity index (χ2n) is 5.38. The summed E-state index contributed by atoms with van der Waals surface area (Å²) in [5, 5.41) is 3.40. The van der Waals surface area contributed by atoms with E-state index in [4.69, 9.17) is 4.74 Å². The van der Waals surface area contributed by atoms with Crippen LogP contribution in [0.4, 0.5) is 0 Å². The summed E-state index contributed by atoms with van der Waals surface area (Å²) < 4.78 is 5.44. The summed E-state index contributed by atoms with van der Waals surface area (Å²) in [7, 11) is 1.76. The summed E-state index contributed by atoms with van der Waals surface area (Å²) in [4.78, 5) is 2.56. The van der Waals surface area contributed by atoms with Crippen molar-refractivity contribution >= 4 is 0 Å². The number of rotatable bonds is 6. The Bertz CT molecular complexity index is 375. The zero-order chi connectivity index (χ0) is 13.5. The third-order valence-electron chi connectivity index (χ3n) is 3.99. The standard InChI is InChI=1S/C16H26N2O/c1-14(15-7-3-4-8-16(15)19-2)6-5-11-18-12-9-17-10-13-18/h3-4,7-8,14,17H,5-6,9-13H2,1-2H3. The van der Waals surface area contributed by atoms with Crippen LogP contribution in [-0.2, 0) is 0 Å². The van der Waals surface area contributed by atoms with Crippen LogP contribution in [0, 0.1) is 0 Å². The lowest BCUT2D eigenvalue weighted by Gasteiger charge is -2.27. The molecule has 1 saturated heterocycles. The van der Waals surface area contributed by atoms with Crippen molar-refractivity contribution in [2.75, 3.05) is 39.8 Å². The first-order valence-electron chi connectivity index (χ1n) is 7.37. The van der Waals surface area contributed by atoms with Gasteiger partial charge in [0.2, 0.25) is 0 Å². The molecule has 3 heteroatoms. The summed E-state index contributed by atoms with van der Waals surface area (Å²) in [6.45, 7) is 8.20. The second-order valence-corrected chi connectivity index (χ2v) is 5.38. The van der Waals surface area contributed by atoms with E-state index in [1.807, 2.05) is 6.07 Å². The van der Waals surface area contributed by atoms with Crippen molar-refractivity contribution in [3.63, 3.8) is 0 Å². The second kappa shape index (κ2) is 7.51. The van der Waals surface area contributed by atoms with Gasteiger partial charge in [-0.25, -0.2) is 0 Å². The van der Waals surface area contributed by atoms with E-state index in [0.717, 1.165) is 18.8 Å². The van der Waals surface area contributed by atoms with E-state index in [1.165, 1.54) is 38.0 Å². The largest absolute Gasteiger partial charge is 0.496 e. The molecule has 0 radical (unpaired) electrons. The van der Waals surface area contributed by atoms with Crippen LogP contribution in [-0.4, -0.2) is 44.7 Å². The van der Waals surface area contributed by atoms with Gasteiger partial charge in [-0.15, -0.1) is 0 Å². The minimum Gasteiger partial charge on any atom is -0.496 e. The number of benzene rings is 1. The van der Waals surface area contributed by atoms with Gasteiger partial charge in [0.25, 0.3) is 0 Å². The average molecular weight is 262 g/mol. The summed E-state index contributed by atoms with van der Waals surface area (Å²) in [6, 6.07) is 8.39. The molecule has 0 amide bonds. The Morgan fingerprint density at radius 3 is 2.74 bits per heavy atom. The lowest BCUT2D eigenvalue weighted by Crippen LogP contribution is -2.43. The maximum absolute atomic E-state index is 5.44. The minimum atomic E-state index is 0.569. The van der Waals surface area contributed by atoms with Crippen LogP contribution >= 0.6 is 0 Å². The number of para-hydroxylation sites is 1. The third kappa shape index (κ3) is 4.22. The fourth-order valence-corrected chi connectivity index (χ4v) is 2.78. The van der Waals surface area contributed by atoms with E-state index < -0.39 is 0 Å². The maximum Gasteiger partial charge on any atom is 0.122 e. The normalized spacial score (nSPS) is 18.2. The number of methoxy groups -OCH3 is 1. The van der Waals surface area contributed by atoms with Crippen molar-refractivity contribution in [1.82, 2.24) is 10.2 Å². The topological polar surface area (TPSA) is 24.5 Å². The Hall–Kier alpha value is -1.06. The first-order valence-corrected chi connectivity index (χ1v) is 7.37. The van der Waals surface area contributed by atoms with Crippen LogP contribution in [0.15, 0.2) is 24.3 Å². The molecule has 0 aromatic heterocycles. The van der Waals surface area contributed by atoms with E-state index in [1.54, 1.807) is 7.11 Å². The van der Waals surface area contributed by atoms with Crippen LogP contribution in [0.5, 0.6) is 5.75 Å². The number of hydrogen-bond acceptors (Lipinski definition) is 3. The molecule has 0 saturated carbocycles. The molecule has 0 aliphatic carbocycles. The average Bonchev–Trinajstić information content (AvgIpc) is 2.48. The van der Waals surface area contributed by atoms with E-state index in [-0.39, 0.29) is 0 Å². The summed E-state index contributed by atoms with van der Waals surface area (Å²) in [6.07, 6.45) is 2.49. The molecule has 1 N–H and O–H groups in total. The van der Waals surface area contributed by atoms with Gasteiger partial charge in [0.05, 0.1) is 7.11 Å². The predicted octanol–water partition coefficient (Wildman–Crippen LogP) is 2.48. The Balaban J connectivity index is 1.78. The van der Waals surface area contributed by atoms with E-state index >= 15 is 0 Å². The molecule has 1 fully saturated rings. The van der Waals surface area contributed by atoms with Crippen molar-refractivity contribution in [1.29, 1.82) is 0 Å². The quantitative estimate of drug-likeness (QED) is 0.852. The number of nitrogens with zero attached hydrogens (tertiary/aromatic N) is 1. The van der Waals surface area contributed by atoms with Crippen molar-refractivity contribution < 1.29 is 4.74 Å². The first-order chi connectivity index (χ1) is 9.31. The lowest BCUT2D eigenvalue weighted by molar-refractivity contribution is 0.235. The minimum absolute atomic E-state index is 0.569. The smallest absolute Gasteiger partial charge is 0.122 e. The van der Waals surface area contributed by atoms with Gasteiger partial charge in [-0.3, -0.25) is 0 Å². The Labute approximate surface area is 116 Å². The highest BCUT2D eigenvalue weighted by atomic mass is 16.5. The molecule has 1 heterocycles. The summed E-state index contributed by atoms with van der Waals surface area (Å²) in [5.74, 6) is 1.59. The molecule has 106 valence electrons. The van der Waals surface area contributed by atoms with E-state index in [9.17, 15) is 0 Å². The van der Waals surface area contributed by atoms with Crippen molar-refractivity contribution in [2.45, 2.75) is 25.7 Å². The highest BCUT2D eigenvalue weighted by molar-refractivity contribution is 5.35. The van der Waals surface area contributed by atoms with Crippen molar-refractivity contribution in [3.8, 4) is 5.75 Å². The van der Waals surface area contributed by atoms with Gasteiger partial charge in [0, 0.05) is 26.2 Å². The monoisotopic (exact) mass is 262 g/mol. The molecular weight excluding hydrogens is 236 g/mol. The Kier molecular flexibility index (Phi) is 5.67. The van der Waals surface area contributed by atoms with Crippen molar-refractivity contribution in [2.24, 2.45) is 0 Å². The van der Waals surface area contributed by atoms with E-state index in [0.29, 0.717) is 5.92 Å². The Morgan fingerprint density at radius 1 is 1.26 bits per heavy atom. The molecule has 0 spiro atoms. The van der Waals surface area contributed by atoms with Gasteiger partial charge in [-0.1, -0.05) is 25.1 Å². The van der Waals surface area contributed by atoms with Gasteiger partial charge in [-0.05, 0) is 36.9 Å². The molecule has 19 heavy (non-hydrogen) atoms. The van der Waals surface area contributed by atoms with Crippen LogP contribution in [0.3, 0.4) is 0 Å². The molecule has 2 rings (SSSR count).